The van der Waals surface area contributed by atoms with Crippen LogP contribution in [0.4, 0.5) is 0 Å². The summed E-state index contributed by atoms with van der Waals surface area (Å²) in [5.74, 6) is 0. The molecule has 17 heavy (non-hydrogen) atoms. The Hall–Kier alpha value is -1.54. The third-order valence-corrected chi connectivity index (χ3v) is 3.05. The first-order valence-corrected chi connectivity index (χ1v) is 6.06. The number of hydrogen-bond donors (Lipinski definition) is 1. The molecule has 1 atom stereocenters. The lowest BCUT2D eigenvalue weighted by atomic mass is 10.1. The van der Waals surface area contributed by atoms with Gasteiger partial charge in [-0.1, -0.05) is 29.8 Å². The minimum atomic E-state index is 0.384. The maximum absolute atomic E-state index is 3.54. The van der Waals surface area contributed by atoms with Crippen LogP contribution in [0.5, 0.6) is 0 Å². The molecule has 0 amide bonds. The topological polar surface area (TPSA) is 17.0 Å². The van der Waals surface area contributed by atoms with Crippen molar-refractivity contribution in [3.05, 3.63) is 59.4 Å². The molecule has 0 spiro atoms. The van der Waals surface area contributed by atoms with Crippen molar-refractivity contribution in [2.24, 2.45) is 7.05 Å². The second-order valence-electron chi connectivity index (χ2n) is 4.70. The number of hydrogen-bond acceptors (Lipinski definition) is 1. The predicted molar refractivity (Wildman–Crippen MR) is 71.8 cm³/mol. The van der Waals surface area contributed by atoms with Crippen molar-refractivity contribution in [1.82, 2.24) is 9.88 Å². The zero-order chi connectivity index (χ0) is 12.3. The molecule has 0 aliphatic rings. The van der Waals surface area contributed by atoms with E-state index in [1.165, 1.54) is 16.7 Å². The lowest BCUT2D eigenvalue weighted by molar-refractivity contribution is 0.574. The van der Waals surface area contributed by atoms with Crippen molar-refractivity contribution in [2.75, 3.05) is 0 Å². The van der Waals surface area contributed by atoms with Gasteiger partial charge in [-0.25, -0.2) is 0 Å². The smallest absolute Gasteiger partial charge is 0.0295 e. The quantitative estimate of drug-likeness (QED) is 0.850. The first-order valence-electron chi connectivity index (χ1n) is 6.06. The molecular weight excluding hydrogens is 208 g/mol. The summed E-state index contributed by atoms with van der Waals surface area (Å²) in [6.07, 6.45) is 4.23. The highest BCUT2D eigenvalue weighted by atomic mass is 14.9. The Morgan fingerprint density at radius 1 is 1.29 bits per heavy atom. The summed E-state index contributed by atoms with van der Waals surface area (Å²) in [6.45, 7) is 5.25. The minimum Gasteiger partial charge on any atom is -0.357 e. The van der Waals surface area contributed by atoms with Crippen molar-refractivity contribution >= 4 is 0 Å². The van der Waals surface area contributed by atoms with Gasteiger partial charge in [-0.3, -0.25) is 0 Å². The van der Waals surface area contributed by atoms with Gasteiger partial charge in [-0.2, -0.15) is 0 Å². The molecule has 0 radical (unpaired) electrons. The number of rotatable bonds is 4. The van der Waals surface area contributed by atoms with Gasteiger partial charge in [0.25, 0.3) is 0 Å². The van der Waals surface area contributed by atoms with Crippen LogP contribution in [0.25, 0.3) is 0 Å². The summed E-state index contributed by atoms with van der Waals surface area (Å²) in [5, 5.41) is 3.54. The zero-order valence-electron chi connectivity index (χ0n) is 10.8. The lowest BCUT2D eigenvalue weighted by Crippen LogP contribution is -2.17. The molecule has 2 heteroatoms. The Kier molecular flexibility index (Phi) is 3.64. The summed E-state index contributed by atoms with van der Waals surface area (Å²) in [7, 11) is 2.05. The van der Waals surface area contributed by atoms with Crippen molar-refractivity contribution in [3.63, 3.8) is 0 Å². The first-order chi connectivity index (χ1) is 8.15. The molecule has 90 valence electrons. The number of nitrogens with one attached hydrogen (secondary N) is 1. The van der Waals surface area contributed by atoms with Crippen LogP contribution in [-0.4, -0.2) is 4.57 Å². The molecule has 0 fully saturated rings. The van der Waals surface area contributed by atoms with Gasteiger partial charge >= 0.3 is 0 Å². The van der Waals surface area contributed by atoms with Crippen molar-refractivity contribution < 1.29 is 0 Å². The Bertz CT molecular complexity index is 485. The largest absolute Gasteiger partial charge is 0.357 e. The second-order valence-corrected chi connectivity index (χ2v) is 4.70. The van der Waals surface area contributed by atoms with E-state index in [4.69, 9.17) is 0 Å². The van der Waals surface area contributed by atoms with Crippen LogP contribution in [0.3, 0.4) is 0 Å². The molecule has 0 aliphatic heterocycles. The van der Waals surface area contributed by atoms with Crippen molar-refractivity contribution in [2.45, 2.75) is 26.4 Å². The SMILES string of the molecule is Cc1cccc([C@@H](C)NCc2ccn(C)c2)c1. The fraction of sp³-hybridized carbons (Fsp3) is 0.333. The first kappa shape index (κ1) is 11.9. The molecule has 2 rings (SSSR count). The Balaban J connectivity index is 1.95. The van der Waals surface area contributed by atoms with E-state index in [9.17, 15) is 0 Å². The van der Waals surface area contributed by atoms with Crippen LogP contribution in [-0.2, 0) is 13.6 Å². The molecule has 2 nitrogen and oxygen atoms in total. The highest BCUT2D eigenvalue weighted by Crippen LogP contribution is 2.14. The van der Waals surface area contributed by atoms with Gasteiger partial charge in [-0.05, 0) is 31.0 Å². The van der Waals surface area contributed by atoms with E-state index in [-0.39, 0.29) is 0 Å². The summed E-state index contributed by atoms with van der Waals surface area (Å²) in [4.78, 5) is 0. The monoisotopic (exact) mass is 228 g/mol. The average molecular weight is 228 g/mol. The van der Waals surface area contributed by atoms with Gasteiger partial charge in [0.05, 0.1) is 0 Å². The average Bonchev–Trinajstić information content (AvgIpc) is 2.72. The van der Waals surface area contributed by atoms with Crippen molar-refractivity contribution in [1.29, 1.82) is 0 Å². The summed E-state index contributed by atoms with van der Waals surface area (Å²) < 4.78 is 2.08. The van der Waals surface area contributed by atoms with Crippen molar-refractivity contribution in [3.8, 4) is 0 Å². The number of nitrogens with zero attached hydrogens (tertiary/aromatic N) is 1. The maximum atomic E-state index is 3.54. The Labute approximate surface area is 103 Å². The fourth-order valence-corrected chi connectivity index (χ4v) is 1.99. The molecule has 0 bridgehead atoms. The van der Waals surface area contributed by atoms with E-state index in [1.807, 2.05) is 7.05 Å². The van der Waals surface area contributed by atoms with Gasteiger partial charge in [0, 0.05) is 32.0 Å². The van der Waals surface area contributed by atoms with E-state index < -0.39 is 0 Å². The van der Waals surface area contributed by atoms with Gasteiger partial charge in [0.2, 0.25) is 0 Å². The predicted octanol–water partition coefficient (Wildman–Crippen LogP) is 3.18. The molecule has 1 aromatic heterocycles. The molecule has 0 saturated carbocycles. The van der Waals surface area contributed by atoms with Crippen LogP contribution in [0.2, 0.25) is 0 Å². The maximum Gasteiger partial charge on any atom is 0.0295 e. The van der Waals surface area contributed by atoms with Gasteiger partial charge in [0.15, 0.2) is 0 Å². The highest BCUT2D eigenvalue weighted by Gasteiger charge is 2.04. The van der Waals surface area contributed by atoms with Crippen LogP contribution in [0.1, 0.15) is 29.7 Å². The summed E-state index contributed by atoms with van der Waals surface area (Å²) >= 11 is 0. The number of benzene rings is 1. The van der Waals surface area contributed by atoms with Crippen LogP contribution in [0, 0.1) is 6.92 Å². The van der Waals surface area contributed by atoms with Gasteiger partial charge in [-0.15, -0.1) is 0 Å². The van der Waals surface area contributed by atoms with Crippen LogP contribution >= 0.6 is 0 Å². The van der Waals surface area contributed by atoms with E-state index in [1.54, 1.807) is 0 Å². The third-order valence-electron chi connectivity index (χ3n) is 3.05. The standard InChI is InChI=1S/C15H20N2/c1-12-5-4-6-15(9-12)13(2)16-10-14-7-8-17(3)11-14/h4-9,11,13,16H,10H2,1-3H3/t13-/m1/s1. The summed E-state index contributed by atoms with van der Waals surface area (Å²) in [6, 6.07) is 11.2. The molecular formula is C15H20N2. The minimum absolute atomic E-state index is 0.384. The van der Waals surface area contributed by atoms with E-state index in [0.29, 0.717) is 6.04 Å². The van der Waals surface area contributed by atoms with Crippen LogP contribution < -0.4 is 5.32 Å². The molecule has 0 saturated heterocycles. The molecule has 1 aromatic carbocycles. The lowest BCUT2D eigenvalue weighted by Gasteiger charge is -2.14. The highest BCUT2D eigenvalue weighted by molar-refractivity contribution is 5.24. The number of aryl methyl sites for hydroxylation is 2. The zero-order valence-corrected chi connectivity index (χ0v) is 10.8. The molecule has 0 unspecified atom stereocenters. The molecule has 1 N–H and O–H groups in total. The van der Waals surface area contributed by atoms with Crippen LogP contribution in [0.15, 0.2) is 42.7 Å². The third kappa shape index (κ3) is 3.21. The Morgan fingerprint density at radius 3 is 2.76 bits per heavy atom. The van der Waals surface area contributed by atoms with Gasteiger partial charge in [0.1, 0.15) is 0 Å². The molecule has 2 aromatic rings. The van der Waals surface area contributed by atoms with E-state index >= 15 is 0 Å². The normalized spacial score (nSPS) is 12.6. The second kappa shape index (κ2) is 5.19. The Morgan fingerprint density at radius 2 is 2.12 bits per heavy atom. The number of aromatic nitrogens is 1. The summed E-state index contributed by atoms with van der Waals surface area (Å²) in [5.41, 5.74) is 3.99. The van der Waals surface area contributed by atoms with Gasteiger partial charge < -0.3 is 9.88 Å². The molecule has 0 aliphatic carbocycles. The van der Waals surface area contributed by atoms with E-state index in [0.717, 1.165) is 6.54 Å². The molecule has 1 heterocycles. The fourth-order valence-electron chi connectivity index (χ4n) is 1.99. The van der Waals surface area contributed by atoms with E-state index in [2.05, 4.69) is 66.5 Å².